The normalized spacial score (nSPS) is 24.5. The van der Waals surface area contributed by atoms with E-state index in [4.69, 9.17) is 4.74 Å². The Labute approximate surface area is 86.8 Å². The number of hydrogen-bond acceptors (Lipinski definition) is 5. The van der Waals surface area contributed by atoms with Gasteiger partial charge in [0.1, 0.15) is 6.54 Å². The lowest BCUT2D eigenvalue weighted by molar-refractivity contribution is -0.541. The molecule has 6 heteroatoms. The molecule has 82 valence electrons. The van der Waals surface area contributed by atoms with Crippen LogP contribution in [-0.4, -0.2) is 35.8 Å². The van der Waals surface area contributed by atoms with E-state index < -0.39 is 16.4 Å². The van der Waals surface area contributed by atoms with Crippen molar-refractivity contribution >= 4 is 12.2 Å². The van der Waals surface area contributed by atoms with Gasteiger partial charge in [0.2, 0.25) is 0 Å². The standard InChI is InChI=1S/C9H12N2O4/c1-3-15-8(12)9(11(13)14)6-10-5-4-7(9)2/h4-5H,3,6H2,1-2H3. The average Bonchev–Trinajstić information content (AvgIpc) is 2.18. The van der Waals surface area contributed by atoms with Crippen LogP contribution >= 0.6 is 0 Å². The molecule has 0 radical (unpaired) electrons. The molecule has 15 heavy (non-hydrogen) atoms. The number of aliphatic imine (C=N–C) groups is 1. The Morgan fingerprint density at radius 2 is 2.47 bits per heavy atom. The zero-order chi connectivity index (χ0) is 11.5. The maximum Gasteiger partial charge on any atom is 0.391 e. The summed E-state index contributed by atoms with van der Waals surface area (Å²) in [6.07, 6.45) is 2.92. The minimum absolute atomic E-state index is 0.116. The van der Waals surface area contributed by atoms with Crippen LogP contribution in [0.4, 0.5) is 0 Å². The number of carbonyl (C=O) groups is 1. The molecule has 0 spiro atoms. The van der Waals surface area contributed by atoms with Crippen molar-refractivity contribution < 1.29 is 14.5 Å². The predicted molar refractivity (Wildman–Crippen MR) is 53.5 cm³/mol. The second-order valence-corrected chi connectivity index (χ2v) is 3.18. The first-order valence-corrected chi connectivity index (χ1v) is 4.54. The van der Waals surface area contributed by atoms with Crippen molar-refractivity contribution in [2.75, 3.05) is 13.2 Å². The number of ether oxygens (including phenoxy) is 1. The van der Waals surface area contributed by atoms with Crippen LogP contribution in [0.3, 0.4) is 0 Å². The fourth-order valence-corrected chi connectivity index (χ4v) is 1.36. The van der Waals surface area contributed by atoms with Crippen LogP contribution in [0, 0.1) is 10.1 Å². The smallest absolute Gasteiger partial charge is 0.391 e. The Morgan fingerprint density at radius 1 is 1.80 bits per heavy atom. The molecular weight excluding hydrogens is 200 g/mol. The van der Waals surface area contributed by atoms with Crippen LogP contribution in [0.25, 0.3) is 0 Å². The molecule has 0 N–H and O–H groups in total. The van der Waals surface area contributed by atoms with Crippen molar-refractivity contribution in [3.05, 3.63) is 21.8 Å². The van der Waals surface area contributed by atoms with Gasteiger partial charge in [-0.25, -0.2) is 4.79 Å². The summed E-state index contributed by atoms with van der Waals surface area (Å²) in [5.41, 5.74) is -1.48. The summed E-state index contributed by atoms with van der Waals surface area (Å²) in [6, 6.07) is 0. The Bertz CT molecular complexity index is 348. The topological polar surface area (TPSA) is 81.8 Å². The van der Waals surface area contributed by atoms with Gasteiger partial charge in [0, 0.05) is 16.7 Å². The summed E-state index contributed by atoms with van der Waals surface area (Å²) < 4.78 is 4.72. The molecule has 0 aromatic carbocycles. The number of allylic oxidation sites excluding steroid dienone is 1. The van der Waals surface area contributed by atoms with Gasteiger partial charge < -0.3 is 4.74 Å². The molecule has 0 aliphatic carbocycles. The maximum atomic E-state index is 11.6. The maximum absolute atomic E-state index is 11.6. The van der Waals surface area contributed by atoms with E-state index in [1.54, 1.807) is 6.92 Å². The molecule has 6 nitrogen and oxygen atoms in total. The van der Waals surface area contributed by atoms with Crippen LogP contribution in [-0.2, 0) is 9.53 Å². The van der Waals surface area contributed by atoms with Gasteiger partial charge in [0.05, 0.1) is 6.61 Å². The van der Waals surface area contributed by atoms with E-state index in [1.165, 1.54) is 19.2 Å². The molecule has 1 aliphatic rings. The lowest BCUT2D eigenvalue weighted by Crippen LogP contribution is -2.52. The summed E-state index contributed by atoms with van der Waals surface area (Å²) in [4.78, 5) is 25.7. The fraction of sp³-hybridized carbons (Fsp3) is 0.556. The Kier molecular flexibility index (Phi) is 3.18. The fourth-order valence-electron chi connectivity index (χ4n) is 1.36. The molecule has 0 saturated carbocycles. The largest absolute Gasteiger partial charge is 0.460 e. The van der Waals surface area contributed by atoms with Crippen molar-refractivity contribution in [1.29, 1.82) is 0 Å². The third-order valence-electron chi connectivity index (χ3n) is 2.33. The second-order valence-electron chi connectivity index (χ2n) is 3.18. The zero-order valence-electron chi connectivity index (χ0n) is 8.60. The highest BCUT2D eigenvalue weighted by Crippen LogP contribution is 2.25. The number of dihydropyridines is 1. The zero-order valence-corrected chi connectivity index (χ0v) is 8.60. The molecule has 1 unspecified atom stereocenters. The van der Waals surface area contributed by atoms with E-state index in [1.807, 2.05) is 0 Å². The molecule has 0 aromatic rings. The van der Waals surface area contributed by atoms with Gasteiger partial charge in [-0.2, -0.15) is 0 Å². The van der Waals surface area contributed by atoms with Crippen molar-refractivity contribution in [1.82, 2.24) is 0 Å². The third-order valence-corrected chi connectivity index (χ3v) is 2.33. The summed E-state index contributed by atoms with van der Waals surface area (Å²) >= 11 is 0. The van der Waals surface area contributed by atoms with Crippen LogP contribution in [0.2, 0.25) is 0 Å². The Hall–Kier alpha value is -1.72. The first kappa shape index (κ1) is 11.4. The highest BCUT2D eigenvalue weighted by Gasteiger charge is 2.55. The number of carbonyl (C=O) groups excluding carboxylic acids is 1. The molecule has 1 aliphatic heterocycles. The number of hydrogen-bond donors (Lipinski definition) is 0. The van der Waals surface area contributed by atoms with Gasteiger partial charge in [0.15, 0.2) is 0 Å². The molecule has 0 amide bonds. The first-order valence-electron chi connectivity index (χ1n) is 4.54. The molecule has 0 fully saturated rings. The number of nitro groups is 1. The lowest BCUT2D eigenvalue weighted by Gasteiger charge is -2.23. The van der Waals surface area contributed by atoms with Gasteiger partial charge in [-0.15, -0.1) is 0 Å². The van der Waals surface area contributed by atoms with Gasteiger partial charge in [-0.05, 0) is 19.9 Å². The quantitative estimate of drug-likeness (QED) is 0.389. The molecule has 1 atom stereocenters. The lowest BCUT2D eigenvalue weighted by atomic mass is 9.90. The van der Waals surface area contributed by atoms with E-state index in [-0.39, 0.29) is 13.2 Å². The summed E-state index contributed by atoms with van der Waals surface area (Å²) in [5, 5.41) is 11.0. The van der Waals surface area contributed by atoms with E-state index in [9.17, 15) is 14.9 Å². The van der Waals surface area contributed by atoms with Gasteiger partial charge in [-0.1, -0.05) is 0 Å². The Balaban J connectivity index is 3.10. The summed E-state index contributed by atoms with van der Waals surface area (Å²) in [6.45, 7) is 3.06. The minimum Gasteiger partial charge on any atom is -0.460 e. The van der Waals surface area contributed by atoms with Gasteiger partial charge >= 0.3 is 11.5 Å². The third kappa shape index (κ3) is 1.74. The number of nitrogens with zero attached hydrogens (tertiary/aromatic N) is 2. The molecule has 1 rings (SSSR count). The number of rotatable bonds is 3. The van der Waals surface area contributed by atoms with Crippen molar-refractivity contribution in [3.63, 3.8) is 0 Å². The van der Waals surface area contributed by atoms with Crippen molar-refractivity contribution in [2.45, 2.75) is 19.4 Å². The van der Waals surface area contributed by atoms with E-state index in [2.05, 4.69) is 4.99 Å². The van der Waals surface area contributed by atoms with Crippen LogP contribution in [0.1, 0.15) is 13.8 Å². The van der Waals surface area contributed by atoms with E-state index in [0.717, 1.165) is 0 Å². The highest BCUT2D eigenvalue weighted by atomic mass is 16.6. The summed E-state index contributed by atoms with van der Waals surface area (Å²) in [7, 11) is 0. The predicted octanol–water partition coefficient (Wildman–Crippen LogP) is 0.596. The Morgan fingerprint density at radius 3 is 2.93 bits per heavy atom. The van der Waals surface area contributed by atoms with Crippen LogP contribution in [0.15, 0.2) is 16.6 Å². The first-order chi connectivity index (χ1) is 7.05. The molecule has 0 aromatic heterocycles. The van der Waals surface area contributed by atoms with E-state index >= 15 is 0 Å². The van der Waals surface area contributed by atoms with Crippen LogP contribution in [0.5, 0.6) is 0 Å². The second kappa shape index (κ2) is 4.20. The molecular formula is C9H12N2O4. The highest BCUT2D eigenvalue weighted by molar-refractivity contribution is 5.88. The van der Waals surface area contributed by atoms with Crippen molar-refractivity contribution in [2.24, 2.45) is 4.99 Å². The molecule has 0 saturated heterocycles. The minimum atomic E-state index is -1.83. The number of esters is 1. The SMILES string of the molecule is CCOC(=O)C1([N+](=O)[O-])CN=CC=C1C. The molecule has 0 bridgehead atoms. The van der Waals surface area contributed by atoms with Gasteiger partial charge in [0.25, 0.3) is 0 Å². The van der Waals surface area contributed by atoms with Crippen LogP contribution < -0.4 is 0 Å². The van der Waals surface area contributed by atoms with Crippen molar-refractivity contribution in [3.8, 4) is 0 Å². The molecule has 1 heterocycles. The average molecular weight is 212 g/mol. The monoisotopic (exact) mass is 212 g/mol. The van der Waals surface area contributed by atoms with Gasteiger partial charge in [-0.3, -0.25) is 15.1 Å². The van der Waals surface area contributed by atoms with E-state index in [0.29, 0.717) is 5.57 Å². The summed E-state index contributed by atoms with van der Waals surface area (Å²) in [5.74, 6) is -0.847.